The Hall–Kier alpha value is -1.07. The van der Waals surface area contributed by atoms with Gasteiger partial charge in [-0.15, -0.1) is 6.58 Å². The van der Waals surface area contributed by atoms with Crippen molar-refractivity contribution in [1.29, 1.82) is 0 Å². The first-order valence-corrected chi connectivity index (χ1v) is 9.00. The number of hydrogen-bond acceptors (Lipinski definition) is 3. The summed E-state index contributed by atoms with van der Waals surface area (Å²) in [6.45, 7) is 8.18. The van der Waals surface area contributed by atoms with E-state index in [1.807, 2.05) is 13.1 Å². The number of allylic oxidation sites excluding steroid dienone is 1. The molecule has 1 aliphatic rings. The van der Waals surface area contributed by atoms with Crippen molar-refractivity contribution in [2.45, 2.75) is 51.0 Å². The third-order valence-electron chi connectivity index (χ3n) is 4.10. The molecule has 0 aliphatic carbocycles. The van der Waals surface area contributed by atoms with E-state index in [1.54, 1.807) is 0 Å². The zero-order valence-corrected chi connectivity index (χ0v) is 15.1. The quantitative estimate of drug-likeness (QED) is 0.275. The van der Waals surface area contributed by atoms with Crippen LogP contribution < -0.4 is 5.32 Å². The Bertz CT molecular complexity index is 328. The molecule has 0 unspecified atom stereocenters. The number of rotatable bonds is 11. The summed E-state index contributed by atoms with van der Waals surface area (Å²) in [5.41, 5.74) is 0. The van der Waals surface area contributed by atoms with Crippen molar-refractivity contribution in [1.82, 2.24) is 10.2 Å². The van der Waals surface area contributed by atoms with Gasteiger partial charge in [-0.2, -0.15) is 0 Å². The molecule has 0 amide bonds. The van der Waals surface area contributed by atoms with Gasteiger partial charge in [-0.1, -0.05) is 12.5 Å². The van der Waals surface area contributed by atoms with Crippen LogP contribution in [0, 0.1) is 0 Å². The van der Waals surface area contributed by atoms with Gasteiger partial charge in [0, 0.05) is 47.0 Å². The summed E-state index contributed by atoms with van der Waals surface area (Å²) in [5, 5.41) is 3.41. The van der Waals surface area contributed by atoms with E-state index < -0.39 is 0 Å². The number of aliphatic imine (C=N–C) groups is 1. The predicted octanol–water partition coefficient (Wildman–Crippen LogP) is 2.83. The second kappa shape index (κ2) is 13.4. The molecule has 1 rings (SSSR count). The van der Waals surface area contributed by atoms with Gasteiger partial charge in [-0.3, -0.25) is 4.99 Å². The van der Waals surface area contributed by atoms with Crippen LogP contribution in [0.4, 0.5) is 0 Å². The molecule has 23 heavy (non-hydrogen) atoms. The molecule has 5 heteroatoms. The number of ether oxygens (including phenoxy) is 2. The fraction of sp³-hybridized carbons (Fsp3) is 0.833. The predicted molar refractivity (Wildman–Crippen MR) is 97.1 cm³/mol. The summed E-state index contributed by atoms with van der Waals surface area (Å²) in [4.78, 5) is 6.55. The van der Waals surface area contributed by atoms with Crippen LogP contribution in [-0.2, 0) is 9.47 Å². The minimum atomic E-state index is 0.390. The van der Waals surface area contributed by atoms with E-state index >= 15 is 0 Å². The molecule has 0 aromatic heterocycles. The van der Waals surface area contributed by atoms with Gasteiger partial charge < -0.3 is 19.7 Å². The van der Waals surface area contributed by atoms with Gasteiger partial charge in [-0.25, -0.2) is 0 Å². The van der Waals surface area contributed by atoms with Crippen molar-refractivity contribution in [3.8, 4) is 0 Å². The molecule has 1 fully saturated rings. The molecular weight excluding hydrogens is 290 g/mol. The molecule has 1 aliphatic heterocycles. The number of guanidine groups is 1. The van der Waals surface area contributed by atoms with E-state index in [0.29, 0.717) is 6.10 Å². The van der Waals surface area contributed by atoms with Crippen LogP contribution in [0.3, 0.4) is 0 Å². The maximum atomic E-state index is 5.88. The molecule has 5 nitrogen and oxygen atoms in total. The highest BCUT2D eigenvalue weighted by atomic mass is 16.5. The van der Waals surface area contributed by atoms with Gasteiger partial charge in [0.2, 0.25) is 0 Å². The molecular formula is C18H35N3O2. The van der Waals surface area contributed by atoms with Crippen molar-refractivity contribution in [3.05, 3.63) is 12.7 Å². The molecule has 0 bridgehead atoms. The second-order valence-electron chi connectivity index (χ2n) is 6.07. The third kappa shape index (κ3) is 9.61. The zero-order chi connectivity index (χ0) is 16.8. The molecule has 0 atom stereocenters. The van der Waals surface area contributed by atoms with Crippen molar-refractivity contribution in [3.63, 3.8) is 0 Å². The Labute approximate surface area is 142 Å². The molecule has 1 N–H and O–H groups in total. The molecule has 0 aromatic carbocycles. The smallest absolute Gasteiger partial charge is 0.193 e. The van der Waals surface area contributed by atoms with Gasteiger partial charge in [0.05, 0.1) is 6.10 Å². The Balaban J connectivity index is 2.04. The number of hydrogen-bond donors (Lipinski definition) is 1. The summed E-state index contributed by atoms with van der Waals surface area (Å²) >= 11 is 0. The van der Waals surface area contributed by atoms with Gasteiger partial charge in [-0.05, 0) is 38.5 Å². The van der Waals surface area contributed by atoms with Crippen LogP contribution in [0.25, 0.3) is 0 Å². The average Bonchev–Trinajstić information content (AvgIpc) is 2.58. The number of unbranched alkanes of at least 4 members (excludes halogenated alkanes) is 3. The Morgan fingerprint density at radius 1 is 1.30 bits per heavy atom. The fourth-order valence-electron chi connectivity index (χ4n) is 2.67. The van der Waals surface area contributed by atoms with Crippen molar-refractivity contribution >= 4 is 5.96 Å². The van der Waals surface area contributed by atoms with Crippen molar-refractivity contribution in [2.24, 2.45) is 4.99 Å². The maximum absolute atomic E-state index is 5.88. The summed E-state index contributed by atoms with van der Waals surface area (Å²) in [5.74, 6) is 0.972. The van der Waals surface area contributed by atoms with Gasteiger partial charge in [0.25, 0.3) is 0 Å². The van der Waals surface area contributed by atoms with E-state index in [9.17, 15) is 0 Å². The van der Waals surface area contributed by atoms with E-state index in [0.717, 1.165) is 64.6 Å². The second-order valence-corrected chi connectivity index (χ2v) is 6.07. The molecule has 0 radical (unpaired) electrons. The van der Waals surface area contributed by atoms with E-state index in [2.05, 4.69) is 28.8 Å². The van der Waals surface area contributed by atoms with Crippen LogP contribution in [0.2, 0.25) is 0 Å². The lowest BCUT2D eigenvalue weighted by molar-refractivity contribution is -0.0320. The summed E-state index contributed by atoms with van der Waals surface area (Å²) in [6, 6.07) is 0. The number of nitrogens with one attached hydrogen (secondary N) is 1. The Morgan fingerprint density at radius 3 is 2.78 bits per heavy atom. The molecule has 134 valence electrons. The zero-order valence-electron chi connectivity index (χ0n) is 15.1. The van der Waals surface area contributed by atoms with Gasteiger partial charge in [0.1, 0.15) is 0 Å². The lowest BCUT2D eigenvalue weighted by atomic mass is 10.1. The summed E-state index contributed by atoms with van der Waals surface area (Å²) in [7, 11) is 3.94. The standard InChI is InChI=1S/C18H35N3O2/c1-4-5-6-7-8-13-21(3)18(19-2)20-12-9-14-23-17-10-15-22-16-11-17/h4,17H,1,5-16H2,2-3H3,(H,19,20). The molecule has 0 spiro atoms. The summed E-state index contributed by atoms with van der Waals surface area (Å²) in [6.07, 6.45) is 10.2. The van der Waals surface area contributed by atoms with Crippen LogP contribution in [0.15, 0.2) is 17.6 Å². The highest BCUT2D eigenvalue weighted by Crippen LogP contribution is 2.10. The van der Waals surface area contributed by atoms with E-state index in [1.165, 1.54) is 19.3 Å². The molecule has 1 saturated heterocycles. The van der Waals surface area contributed by atoms with Crippen LogP contribution in [0.5, 0.6) is 0 Å². The maximum Gasteiger partial charge on any atom is 0.193 e. The minimum absolute atomic E-state index is 0.390. The van der Waals surface area contributed by atoms with Crippen LogP contribution >= 0.6 is 0 Å². The molecule has 0 saturated carbocycles. The first-order valence-electron chi connectivity index (χ1n) is 9.00. The van der Waals surface area contributed by atoms with Crippen LogP contribution in [-0.4, -0.2) is 64.0 Å². The monoisotopic (exact) mass is 325 g/mol. The van der Waals surface area contributed by atoms with Crippen molar-refractivity contribution < 1.29 is 9.47 Å². The highest BCUT2D eigenvalue weighted by Gasteiger charge is 2.13. The van der Waals surface area contributed by atoms with Gasteiger partial charge >= 0.3 is 0 Å². The fourth-order valence-corrected chi connectivity index (χ4v) is 2.67. The highest BCUT2D eigenvalue weighted by molar-refractivity contribution is 5.79. The summed E-state index contributed by atoms with van der Waals surface area (Å²) < 4.78 is 11.2. The lowest BCUT2D eigenvalue weighted by Crippen LogP contribution is -2.40. The first-order chi connectivity index (χ1) is 11.3. The normalized spacial score (nSPS) is 16.3. The topological polar surface area (TPSA) is 46.1 Å². The van der Waals surface area contributed by atoms with E-state index in [4.69, 9.17) is 9.47 Å². The Kier molecular flexibility index (Phi) is 11.6. The SMILES string of the molecule is C=CCCCCCN(C)C(=NC)NCCCOC1CCOCC1. The number of nitrogens with zero attached hydrogens (tertiary/aromatic N) is 2. The first kappa shape index (κ1) is 20.0. The van der Waals surface area contributed by atoms with E-state index in [-0.39, 0.29) is 0 Å². The molecule has 1 heterocycles. The average molecular weight is 325 g/mol. The van der Waals surface area contributed by atoms with Crippen LogP contribution in [0.1, 0.15) is 44.9 Å². The minimum Gasteiger partial charge on any atom is -0.381 e. The largest absolute Gasteiger partial charge is 0.381 e. The lowest BCUT2D eigenvalue weighted by Gasteiger charge is -2.23. The third-order valence-corrected chi connectivity index (χ3v) is 4.10. The Morgan fingerprint density at radius 2 is 2.09 bits per heavy atom. The van der Waals surface area contributed by atoms with Gasteiger partial charge in [0.15, 0.2) is 5.96 Å². The van der Waals surface area contributed by atoms with Crippen molar-refractivity contribution in [2.75, 3.05) is 47.0 Å². The molecule has 0 aromatic rings.